The molecule has 8 aromatic carbocycles. The molecular formula is C48H30N2O. The lowest BCUT2D eigenvalue weighted by atomic mass is 10.0. The number of benzene rings is 8. The zero-order chi connectivity index (χ0) is 33.5. The van der Waals surface area contributed by atoms with E-state index in [0.717, 1.165) is 33.3 Å². The Morgan fingerprint density at radius 3 is 1.61 bits per heavy atom. The van der Waals surface area contributed by atoms with E-state index in [9.17, 15) is 0 Å². The summed E-state index contributed by atoms with van der Waals surface area (Å²) in [7, 11) is 0. The molecule has 3 aromatic heterocycles. The summed E-state index contributed by atoms with van der Waals surface area (Å²) in [5.41, 5.74) is 13.7. The predicted molar refractivity (Wildman–Crippen MR) is 213 cm³/mol. The summed E-state index contributed by atoms with van der Waals surface area (Å²) in [6.45, 7) is 0. The molecule has 0 aliphatic carbocycles. The maximum absolute atomic E-state index is 6.39. The van der Waals surface area contributed by atoms with Crippen LogP contribution in [0.15, 0.2) is 186 Å². The van der Waals surface area contributed by atoms with E-state index in [4.69, 9.17) is 4.42 Å². The van der Waals surface area contributed by atoms with Crippen molar-refractivity contribution in [3.05, 3.63) is 182 Å². The lowest BCUT2D eigenvalue weighted by Crippen LogP contribution is -1.94. The first-order chi connectivity index (χ1) is 25.3. The molecule has 3 heterocycles. The van der Waals surface area contributed by atoms with Gasteiger partial charge in [-0.15, -0.1) is 0 Å². The van der Waals surface area contributed by atoms with Gasteiger partial charge >= 0.3 is 0 Å². The van der Waals surface area contributed by atoms with E-state index in [2.05, 4.69) is 185 Å². The molecular weight excluding hydrogens is 621 g/mol. The zero-order valence-electron chi connectivity index (χ0n) is 27.6. The highest BCUT2D eigenvalue weighted by Gasteiger charge is 2.18. The van der Waals surface area contributed by atoms with Crippen LogP contribution < -0.4 is 0 Å². The fraction of sp³-hybridized carbons (Fsp3) is 0. The van der Waals surface area contributed by atoms with Crippen molar-refractivity contribution in [1.82, 2.24) is 9.13 Å². The Morgan fingerprint density at radius 2 is 0.824 bits per heavy atom. The van der Waals surface area contributed by atoms with Gasteiger partial charge in [-0.1, -0.05) is 109 Å². The fourth-order valence-electron chi connectivity index (χ4n) is 8.16. The van der Waals surface area contributed by atoms with Gasteiger partial charge in [0, 0.05) is 43.7 Å². The Bertz CT molecular complexity index is 3130. The molecule has 0 aliphatic heterocycles. The molecule has 0 N–H and O–H groups in total. The fourth-order valence-corrected chi connectivity index (χ4v) is 8.16. The minimum absolute atomic E-state index is 0.909. The van der Waals surface area contributed by atoms with Crippen molar-refractivity contribution < 1.29 is 4.42 Å². The molecule has 0 aliphatic rings. The van der Waals surface area contributed by atoms with E-state index in [1.54, 1.807) is 0 Å². The van der Waals surface area contributed by atoms with Crippen molar-refractivity contribution in [2.45, 2.75) is 0 Å². The first-order valence-corrected chi connectivity index (χ1v) is 17.4. The summed E-state index contributed by atoms with van der Waals surface area (Å²) >= 11 is 0. The molecule has 3 heteroatoms. The molecule has 0 unspecified atom stereocenters. The molecule has 238 valence electrons. The van der Waals surface area contributed by atoms with Gasteiger partial charge in [0.15, 0.2) is 0 Å². The Hall–Kier alpha value is -6.84. The van der Waals surface area contributed by atoms with Crippen molar-refractivity contribution in [2.75, 3.05) is 0 Å². The molecule has 0 saturated carbocycles. The van der Waals surface area contributed by atoms with Crippen molar-refractivity contribution in [2.24, 2.45) is 0 Å². The van der Waals surface area contributed by atoms with Crippen molar-refractivity contribution in [3.8, 4) is 33.6 Å². The van der Waals surface area contributed by atoms with Gasteiger partial charge in [-0.25, -0.2) is 0 Å². The molecule has 11 aromatic rings. The number of rotatable bonds is 4. The highest BCUT2D eigenvalue weighted by Crippen LogP contribution is 2.41. The van der Waals surface area contributed by atoms with E-state index >= 15 is 0 Å². The molecule has 11 rings (SSSR count). The maximum atomic E-state index is 6.39. The lowest BCUT2D eigenvalue weighted by molar-refractivity contribution is 0.669. The van der Waals surface area contributed by atoms with Gasteiger partial charge in [-0.2, -0.15) is 0 Å². The van der Waals surface area contributed by atoms with Crippen LogP contribution in [-0.4, -0.2) is 9.13 Å². The molecule has 0 fully saturated rings. The third kappa shape index (κ3) is 4.25. The second-order valence-corrected chi connectivity index (χ2v) is 13.4. The maximum Gasteiger partial charge on any atom is 0.136 e. The van der Waals surface area contributed by atoms with Gasteiger partial charge in [0.1, 0.15) is 11.2 Å². The third-order valence-electron chi connectivity index (χ3n) is 10.5. The number of para-hydroxylation sites is 3. The highest BCUT2D eigenvalue weighted by atomic mass is 16.3. The SMILES string of the molecule is c1ccc(-c2cccc(-n3c4ccccc4c4cc(-c5ccc6c(c5)c5cc7oc8ccccc8c7cc5n6-c5ccccc5)ccc43)c2)cc1. The van der Waals surface area contributed by atoms with Crippen LogP contribution in [0.4, 0.5) is 0 Å². The average Bonchev–Trinajstić information content (AvgIpc) is 3.84. The molecule has 0 spiro atoms. The average molecular weight is 651 g/mol. The topological polar surface area (TPSA) is 23.0 Å². The number of furan rings is 1. The largest absolute Gasteiger partial charge is 0.456 e. The highest BCUT2D eigenvalue weighted by molar-refractivity contribution is 6.18. The molecule has 0 bridgehead atoms. The second kappa shape index (κ2) is 10.8. The second-order valence-electron chi connectivity index (χ2n) is 13.4. The van der Waals surface area contributed by atoms with E-state index in [1.165, 1.54) is 65.9 Å². The van der Waals surface area contributed by atoms with Gasteiger partial charge in [-0.05, 0) is 95.1 Å². The summed E-state index contributed by atoms with van der Waals surface area (Å²) in [6.07, 6.45) is 0. The molecule has 0 amide bonds. The Labute approximate surface area is 293 Å². The minimum atomic E-state index is 0.909. The smallest absolute Gasteiger partial charge is 0.136 e. The Kier molecular flexibility index (Phi) is 5.96. The summed E-state index contributed by atoms with van der Waals surface area (Å²) in [5.74, 6) is 0. The van der Waals surface area contributed by atoms with Crippen molar-refractivity contribution in [3.63, 3.8) is 0 Å². The van der Waals surface area contributed by atoms with Crippen LogP contribution in [0.25, 0.3) is 99.2 Å². The monoisotopic (exact) mass is 650 g/mol. The van der Waals surface area contributed by atoms with Gasteiger partial charge < -0.3 is 13.6 Å². The van der Waals surface area contributed by atoms with Crippen molar-refractivity contribution >= 4 is 65.6 Å². The van der Waals surface area contributed by atoms with Gasteiger partial charge in [-0.3, -0.25) is 0 Å². The molecule has 0 radical (unpaired) electrons. The summed E-state index contributed by atoms with van der Waals surface area (Å²) < 4.78 is 11.2. The van der Waals surface area contributed by atoms with Gasteiger partial charge in [0.05, 0.1) is 22.1 Å². The van der Waals surface area contributed by atoms with Crippen molar-refractivity contribution in [1.29, 1.82) is 0 Å². The molecule has 51 heavy (non-hydrogen) atoms. The van der Waals surface area contributed by atoms with Crippen LogP contribution in [0.2, 0.25) is 0 Å². The zero-order valence-corrected chi connectivity index (χ0v) is 27.6. The van der Waals surface area contributed by atoms with Gasteiger partial charge in [0.25, 0.3) is 0 Å². The van der Waals surface area contributed by atoms with E-state index < -0.39 is 0 Å². The standard InChI is InChI=1S/C48H30N2O/c1-3-12-31(13-4-1)32-14-11-17-36(26-32)50-43-20-9-7-18-37(43)39-27-33(22-24-44(39)50)34-23-25-45-40(28-34)41-30-48-42(38-19-8-10-21-47(38)51-48)29-46(41)49(45)35-15-5-2-6-16-35/h1-30H. The van der Waals surface area contributed by atoms with Gasteiger partial charge in [0.2, 0.25) is 0 Å². The number of aromatic nitrogens is 2. The minimum Gasteiger partial charge on any atom is -0.456 e. The van der Waals surface area contributed by atoms with Crippen LogP contribution in [0.3, 0.4) is 0 Å². The first-order valence-electron chi connectivity index (χ1n) is 17.4. The molecule has 3 nitrogen and oxygen atoms in total. The quantitative estimate of drug-likeness (QED) is 0.186. The van der Waals surface area contributed by atoms with Crippen LogP contribution >= 0.6 is 0 Å². The number of hydrogen-bond acceptors (Lipinski definition) is 1. The summed E-state index contributed by atoms with van der Waals surface area (Å²) in [5, 5.41) is 7.14. The predicted octanol–water partition coefficient (Wildman–Crippen LogP) is 13.1. The molecule has 0 atom stereocenters. The number of nitrogens with zero attached hydrogens (tertiary/aromatic N) is 2. The molecule has 0 saturated heterocycles. The normalized spacial score (nSPS) is 11.9. The van der Waals surface area contributed by atoms with E-state index in [1.807, 2.05) is 6.07 Å². The van der Waals surface area contributed by atoms with Crippen LogP contribution in [0.1, 0.15) is 0 Å². The third-order valence-corrected chi connectivity index (χ3v) is 10.5. The van der Waals surface area contributed by atoms with Crippen LogP contribution in [-0.2, 0) is 0 Å². The first kappa shape index (κ1) is 28.0. The Balaban J connectivity index is 1.12. The van der Waals surface area contributed by atoms with Crippen LogP contribution in [0.5, 0.6) is 0 Å². The van der Waals surface area contributed by atoms with E-state index in [-0.39, 0.29) is 0 Å². The number of fused-ring (bicyclic) bond motifs is 9. The Morgan fingerprint density at radius 1 is 0.275 bits per heavy atom. The van der Waals surface area contributed by atoms with E-state index in [0.29, 0.717) is 0 Å². The summed E-state index contributed by atoms with van der Waals surface area (Å²) in [4.78, 5) is 0. The van der Waals surface area contributed by atoms with Crippen LogP contribution in [0, 0.1) is 0 Å². The number of hydrogen-bond donors (Lipinski definition) is 0. The summed E-state index contributed by atoms with van der Waals surface area (Å²) in [6, 6.07) is 65.5. The lowest BCUT2D eigenvalue weighted by Gasteiger charge is -2.11.